The largest absolute Gasteiger partial charge is 0.409 e. The second kappa shape index (κ2) is 5.65. The number of hydrogen-bond donors (Lipinski definition) is 3. The summed E-state index contributed by atoms with van der Waals surface area (Å²) in [6.45, 7) is 1.72. The summed E-state index contributed by atoms with van der Waals surface area (Å²) in [5, 5.41) is 20.9. The number of anilines is 1. The van der Waals surface area contributed by atoms with Gasteiger partial charge in [-0.05, 0) is 12.1 Å². The molecule has 2 heterocycles. The molecule has 1 fully saturated rings. The van der Waals surface area contributed by atoms with Crippen molar-refractivity contribution >= 4 is 11.5 Å². The van der Waals surface area contributed by atoms with E-state index in [0.29, 0.717) is 25.4 Å². The maximum absolute atomic E-state index is 9.12. The molecule has 1 aliphatic rings. The Morgan fingerprint density at radius 1 is 1.67 bits per heavy atom. The Morgan fingerprint density at radius 2 is 2.50 bits per heavy atom. The molecule has 7 heteroatoms. The smallest absolute Gasteiger partial charge is 0.190 e. The first-order chi connectivity index (χ1) is 8.76. The number of nitrogens with two attached hydrogens (primary N) is 1. The first kappa shape index (κ1) is 12.6. The van der Waals surface area contributed by atoms with Crippen molar-refractivity contribution in [3.63, 3.8) is 0 Å². The second-order valence-electron chi connectivity index (χ2n) is 3.98. The van der Waals surface area contributed by atoms with Crippen LogP contribution < -0.4 is 10.6 Å². The molecule has 0 spiro atoms. The van der Waals surface area contributed by atoms with Crippen molar-refractivity contribution in [2.75, 3.05) is 31.2 Å². The number of amidine groups is 1. The van der Waals surface area contributed by atoms with Gasteiger partial charge in [0.25, 0.3) is 0 Å². The Hall–Kier alpha value is -1.86. The monoisotopic (exact) mass is 252 g/mol. The van der Waals surface area contributed by atoms with Crippen molar-refractivity contribution in [1.29, 1.82) is 0 Å². The van der Waals surface area contributed by atoms with E-state index in [0.717, 1.165) is 5.69 Å². The fourth-order valence-corrected chi connectivity index (χ4v) is 1.95. The van der Waals surface area contributed by atoms with Gasteiger partial charge in [-0.2, -0.15) is 0 Å². The van der Waals surface area contributed by atoms with Crippen molar-refractivity contribution < 1.29 is 15.1 Å². The molecule has 1 saturated heterocycles. The van der Waals surface area contributed by atoms with Crippen LogP contribution in [0.15, 0.2) is 23.5 Å². The minimum atomic E-state index is -0.223. The van der Waals surface area contributed by atoms with Crippen LogP contribution in [-0.2, 0) is 4.74 Å². The zero-order valence-electron chi connectivity index (χ0n) is 9.86. The summed E-state index contributed by atoms with van der Waals surface area (Å²) >= 11 is 0. The van der Waals surface area contributed by atoms with E-state index in [-0.39, 0.29) is 18.5 Å². The third kappa shape index (κ3) is 2.52. The fourth-order valence-electron chi connectivity index (χ4n) is 1.95. The van der Waals surface area contributed by atoms with Crippen LogP contribution in [0.4, 0.5) is 5.69 Å². The molecule has 0 radical (unpaired) electrons. The van der Waals surface area contributed by atoms with Crippen molar-refractivity contribution in [2.45, 2.75) is 6.10 Å². The lowest BCUT2D eigenvalue weighted by Crippen LogP contribution is -2.45. The predicted molar refractivity (Wildman–Crippen MR) is 65.8 cm³/mol. The zero-order chi connectivity index (χ0) is 13.0. The number of nitrogens with zero attached hydrogens (tertiary/aromatic N) is 3. The van der Waals surface area contributed by atoms with E-state index in [1.54, 1.807) is 12.3 Å². The van der Waals surface area contributed by atoms with Gasteiger partial charge >= 0.3 is 0 Å². The van der Waals surface area contributed by atoms with Crippen LogP contribution in [0.3, 0.4) is 0 Å². The highest BCUT2D eigenvalue weighted by Crippen LogP contribution is 2.20. The van der Waals surface area contributed by atoms with Crippen LogP contribution in [-0.4, -0.2) is 53.5 Å². The van der Waals surface area contributed by atoms with E-state index in [1.165, 1.54) is 0 Å². The maximum Gasteiger partial charge on any atom is 0.190 e. The third-order valence-corrected chi connectivity index (χ3v) is 2.82. The van der Waals surface area contributed by atoms with Crippen molar-refractivity contribution in [2.24, 2.45) is 10.9 Å². The number of hydrogen-bond acceptors (Lipinski definition) is 6. The molecule has 7 nitrogen and oxygen atoms in total. The van der Waals surface area contributed by atoms with Crippen LogP contribution in [0.1, 0.15) is 5.69 Å². The molecular weight excluding hydrogens is 236 g/mol. The van der Waals surface area contributed by atoms with E-state index < -0.39 is 0 Å². The first-order valence-electron chi connectivity index (χ1n) is 5.66. The van der Waals surface area contributed by atoms with Crippen molar-refractivity contribution in [3.05, 3.63) is 24.0 Å². The Bertz CT molecular complexity index is 438. The van der Waals surface area contributed by atoms with Gasteiger partial charge in [-0.1, -0.05) is 5.16 Å². The van der Waals surface area contributed by atoms with Gasteiger partial charge in [0.2, 0.25) is 0 Å². The number of aliphatic hydroxyl groups is 1. The third-order valence-electron chi connectivity index (χ3n) is 2.82. The molecule has 2 rings (SSSR count). The standard InChI is InChI=1S/C11H16N4O3/c12-11(14-17)10-9(2-1-3-13-10)15-4-5-18-8(6-15)7-16/h1-3,8,16-17H,4-7H2,(H2,12,14). The zero-order valence-corrected chi connectivity index (χ0v) is 9.86. The van der Waals surface area contributed by atoms with E-state index in [2.05, 4.69) is 10.1 Å². The van der Waals surface area contributed by atoms with E-state index in [4.69, 9.17) is 20.8 Å². The number of oxime groups is 1. The molecule has 18 heavy (non-hydrogen) atoms. The normalized spacial score (nSPS) is 21.1. The lowest BCUT2D eigenvalue weighted by molar-refractivity contribution is 0.00354. The minimum absolute atomic E-state index is 0.0300. The molecule has 98 valence electrons. The average molecular weight is 252 g/mol. The van der Waals surface area contributed by atoms with Crippen LogP contribution in [0.25, 0.3) is 0 Å². The molecule has 1 aromatic heterocycles. The summed E-state index contributed by atoms with van der Waals surface area (Å²) in [5.74, 6) is -0.0300. The first-order valence-corrected chi connectivity index (χ1v) is 5.66. The molecule has 1 aromatic rings. The highest BCUT2D eigenvalue weighted by Gasteiger charge is 2.23. The van der Waals surface area contributed by atoms with Gasteiger partial charge in [0, 0.05) is 19.3 Å². The molecule has 0 aliphatic carbocycles. The van der Waals surface area contributed by atoms with Gasteiger partial charge in [0.1, 0.15) is 5.69 Å². The quantitative estimate of drug-likeness (QED) is 0.286. The summed E-state index contributed by atoms with van der Waals surface area (Å²) in [5.41, 5.74) is 6.80. The SMILES string of the molecule is N/C(=N/O)c1ncccc1N1CCOC(CO)C1. The molecule has 0 bridgehead atoms. The van der Waals surface area contributed by atoms with Gasteiger partial charge in [-0.3, -0.25) is 4.98 Å². The molecule has 4 N–H and O–H groups in total. The second-order valence-corrected chi connectivity index (χ2v) is 3.98. The van der Waals surface area contributed by atoms with Gasteiger partial charge in [-0.15, -0.1) is 0 Å². The number of ether oxygens (including phenoxy) is 1. The van der Waals surface area contributed by atoms with Crippen molar-refractivity contribution in [3.8, 4) is 0 Å². The van der Waals surface area contributed by atoms with Crippen molar-refractivity contribution in [1.82, 2.24) is 4.98 Å². The Morgan fingerprint density at radius 3 is 3.22 bits per heavy atom. The van der Waals surface area contributed by atoms with Crippen LogP contribution in [0.2, 0.25) is 0 Å². The molecule has 1 atom stereocenters. The number of aliphatic hydroxyl groups excluding tert-OH is 1. The van der Waals surface area contributed by atoms with Crippen LogP contribution >= 0.6 is 0 Å². The summed E-state index contributed by atoms with van der Waals surface area (Å²) in [7, 11) is 0. The Kier molecular flexibility index (Phi) is 3.96. The number of pyridine rings is 1. The minimum Gasteiger partial charge on any atom is -0.409 e. The molecule has 0 saturated carbocycles. The summed E-state index contributed by atoms with van der Waals surface area (Å²) in [4.78, 5) is 6.12. The van der Waals surface area contributed by atoms with Gasteiger partial charge in [-0.25, -0.2) is 0 Å². The summed E-state index contributed by atoms with van der Waals surface area (Å²) in [6, 6.07) is 3.63. The fraction of sp³-hybridized carbons (Fsp3) is 0.455. The maximum atomic E-state index is 9.12. The van der Waals surface area contributed by atoms with E-state index in [1.807, 2.05) is 11.0 Å². The molecule has 1 aliphatic heterocycles. The summed E-state index contributed by atoms with van der Waals surface area (Å²) in [6.07, 6.45) is 1.36. The Labute approximate surface area is 104 Å². The Balaban J connectivity index is 2.27. The lowest BCUT2D eigenvalue weighted by atomic mass is 10.2. The number of morpholine rings is 1. The van der Waals surface area contributed by atoms with Gasteiger partial charge in [0.05, 0.1) is 25.0 Å². The van der Waals surface area contributed by atoms with E-state index >= 15 is 0 Å². The highest BCUT2D eigenvalue weighted by molar-refractivity contribution is 6.00. The average Bonchev–Trinajstić information content (AvgIpc) is 2.46. The topological polar surface area (TPSA) is 104 Å². The number of rotatable bonds is 3. The molecule has 1 unspecified atom stereocenters. The van der Waals surface area contributed by atoms with Gasteiger partial charge in [0.15, 0.2) is 5.84 Å². The van der Waals surface area contributed by atoms with Gasteiger partial charge < -0.3 is 25.7 Å². The number of aromatic nitrogens is 1. The molecule has 0 aromatic carbocycles. The van der Waals surface area contributed by atoms with E-state index in [9.17, 15) is 0 Å². The summed E-state index contributed by atoms with van der Waals surface area (Å²) < 4.78 is 5.38. The van der Waals surface area contributed by atoms with Crippen LogP contribution in [0.5, 0.6) is 0 Å². The lowest BCUT2D eigenvalue weighted by Gasteiger charge is -2.34. The molecular formula is C11H16N4O3. The highest BCUT2D eigenvalue weighted by atomic mass is 16.5. The van der Waals surface area contributed by atoms with Crippen LogP contribution in [0, 0.1) is 0 Å². The predicted octanol–water partition coefficient (Wildman–Crippen LogP) is -0.626. The molecule has 0 amide bonds.